The molecule has 5 nitrogen and oxygen atoms in total. The molecule has 2 amide bonds. The monoisotopic (exact) mass is 266 g/mol. The fraction of sp³-hybridized carbons (Fsp3) is 0.385. The quantitative estimate of drug-likeness (QED) is 0.786. The highest BCUT2D eigenvalue weighted by Gasteiger charge is 2.26. The third kappa shape index (κ3) is 3.21. The van der Waals surface area contributed by atoms with Gasteiger partial charge in [-0.3, -0.25) is 0 Å². The molecule has 19 heavy (non-hydrogen) atoms. The van der Waals surface area contributed by atoms with Crippen molar-refractivity contribution in [1.29, 1.82) is 0 Å². The van der Waals surface area contributed by atoms with Gasteiger partial charge >= 0.3 is 12.0 Å². The van der Waals surface area contributed by atoms with Gasteiger partial charge in [-0.25, -0.2) is 14.0 Å². The second kappa shape index (κ2) is 5.26. The number of amides is 2. The molecule has 1 aliphatic carbocycles. The molecule has 0 bridgehead atoms. The molecule has 2 rings (SSSR count). The van der Waals surface area contributed by atoms with Crippen LogP contribution in [0.3, 0.4) is 0 Å². The number of nitrogens with one attached hydrogen (secondary N) is 2. The molecule has 0 atom stereocenters. The van der Waals surface area contributed by atoms with Crippen molar-refractivity contribution >= 4 is 17.7 Å². The van der Waals surface area contributed by atoms with E-state index in [1.54, 1.807) is 0 Å². The summed E-state index contributed by atoms with van der Waals surface area (Å²) in [6, 6.07) is 3.23. The van der Waals surface area contributed by atoms with E-state index in [1.165, 1.54) is 6.07 Å². The Hall–Kier alpha value is -2.11. The number of anilines is 1. The van der Waals surface area contributed by atoms with Crippen LogP contribution in [0.2, 0.25) is 0 Å². The Labute approximate surface area is 109 Å². The lowest BCUT2D eigenvalue weighted by Crippen LogP contribution is -2.45. The number of carboxylic acids is 1. The molecule has 0 radical (unpaired) electrons. The molecule has 1 aliphatic rings. The lowest BCUT2D eigenvalue weighted by molar-refractivity contribution is 0.0692. The Morgan fingerprint density at radius 2 is 2.05 bits per heavy atom. The van der Waals surface area contributed by atoms with E-state index in [4.69, 9.17) is 5.11 Å². The maximum atomic E-state index is 13.4. The minimum absolute atomic E-state index is 0.165. The van der Waals surface area contributed by atoms with Crippen LogP contribution >= 0.6 is 0 Å². The van der Waals surface area contributed by atoms with Crippen LogP contribution in [0.25, 0.3) is 0 Å². The Bertz CT molecular complexity index is 513. The van der Waals surface area contributed by atoms with Crippen molar-refractivity contribution in [1.82, 2.24) is 5.32 Å². The van der Waals surface area contributed by atoms with Crippen molar-refractivity contribution in [3.63, 3.8) is 0 Å². The summed E-state index contributed by atoms with van der Waals surface area (Å²) in [5.74, 6) is -1.59. The van der Waals surface area contributed by atoms with Gasteiger partial charge in [-0.2, -0.15) is 0 Å². The summed E-state index contributed by atoms with van der Waals surface area (Å²) in [6.45, 7) is 2.11. The third-order valence-corrected chi connectivity index (χ3v) is 3.17. The summed E-state index contributed by atoms with van der Waals surface area (Å²) in [7, 11) is 0. The molecule has 0 aromatic heterocycles. The lowest BCUT2D eigenvalue weighted by Gasteiger charge is -2.33. The first-order chi connectivity index (χ1) is 8.95. The maximum absolute atomic E-state index is 13.4. The molecule has 0 spiro atoms. The van der Waals surface area contributed by atoms with Crippen molar-refractivity contribution in [3.05, 3.63) is 29.6 Å². The summed E-state index contributed by atoms with van der Waals surface area (Å²) in [6.07, 6.45) is 1.89. The predicted octanol–water partition coefficient (Wildman–Crippen LogP) is 2.44. The van der Waals surface area contributed by atoms with Gasteiger partial charge in [0.15, 0.2) is 0 Å². The summed E-state index contributed by atoms with van der Waals surface area (Å²) >= 11 is 0. The molecule has 0 unspecified atom stereocenters. The lowest BCUT2D eigenvalue weighted by atomic mass is 9.82. The van der Waals surface area contributed by atoms with Crippen LogP contribution < -0.4 is 10.6 Å². The Kier molecular flexibility index (Phi) is 3.69. The van der Waals surface area contributed by atoms with Crippen LogP contribution in [-0.4, -0.2) is 23.1 Å². The third-order valence-electron chi connectivity index (χ3n) is 3.17. The zero-order valence-corrected chi connectivity index (χ0v) is 10.4. The van der Waals surface area contributed by atoms with Gasteiger partial charge in [0, 0.05) is 11.7 Å². The Morgan fingerprint density at radius 3 is 2.58 bits per heavy atom. The fourth-order valence-electron chi connectivity index (χ4n) is 2.14. The molecular weight excluding hydrogens is 251 g/mol. The molecule has 102 valence electrons. The summed E-state index contributed by atoms with van der Waals surface area (Å²) < 4.78 is 13.4. The zero-order valence-electron chi connectivity index (χ0n) is 10.4. The van der Waals surface area contributed by atoms with Gasteiger partial charge in [-0.05, 0) is 37.0 Å². The van der Waals surface area contributed by atoms with Gasteiger partial charge in [0.05, 0.1) is 5.56 Å². The van der Waals surface area contributed by atoms with Crippen LogP contribution in [0, 0.1) is 11.7 Å². The molecule has 1 fully saturated rings. The number of aromatic carboxylic acids is 1. The highest BCUT2D eigenvalue weighted by molar-refractivity contribution is 5.91. The first-order valence-corrected chi connectivity index (χ1v) is 6.06. The second-order valence-electron chi connectivity index (χ2n) is 4.87. The number of carbonyl (C=O) groups is 2. The number of carbonyl (C=O) groups excluding carboxylic acids is 1. The van der Waals surface area contributed by atoms with Crippen LogP contribution in [0.15, 0.2) is 18.2 Å². The minimum Gasteiger partial charge on any atom is -0.478 e. The zero-order chi connectivity index (χ0) is 14.0. The van der Waals surface area contributed by atoms with E-state index in [9.17, 15) is 14.0 Å². The number of carboxylic acid groups (broad SMARTS) is 1. The molecule has 6 heteroatoms. The molecule has 0 aliphatic heterocycles. The second-order valence-corrected chi connectivity index (χ2v) is 4.87. The van der Waals surface area contributed by atoms with Gasteiger partial charge in [0.25, 0.3) is 0 Å². The SMILES string of the molecule is CC1CC(NC(=O)Nc2ccc(C(=O)O)c(F)c2)C1. The molecular formula is C13H15FN2O3. The average molecular weight is 266 g/mol. The molecule has 0 saturated heterocycles. The molecule has 1 aromatic rings. The number of rotatable bonds is 3. The van der Waals surface area contributed by atoms with Crippen LogP contribution in [0.1, 0.15) is 30.1 Å². The first kappa shape index (κ1) is 13.3. The van der Waals surface area contributed by atoms with Gasteiger partial charge in [-0.1, -0.05) is 6.92 Å². The van der Waals surface area contributed by atoms with Gasteiger partial charge in [-0.15, -0.1) is 0 Å². The molecule has 0 heterocycles. The number of hydrogen-bond acceptors (Lipinski definition) is 2. The summed E-state index contributed by atoms with van der Waals surface area (Å²) in [5.41, 5.74) is -0.189. The molecule has 3 N–H and O–H groups in total. The summed E-state index contributed by atoms with van der Waals surface area (Å²) in [5, 5.41) is 13.9. The van der Waals surface area contributed by atoms with Crippen molar-refractivity contribution in [2.45, 2.75) is 25.8 Å². The van der Waals surface area contributed by atoms with Gasteiger partial charge < -0.3 is 15.7 Å². The van der Waals surface area contributed by atoms with Gasteiger partial charge in [0.2, 0.25) is 0 Å². The predicted molar refractivity (Wildman–Crippen MR) is 67.7 cm³/mol. The maximum Gasteiger partial charge on any atom is 0.338 e. The molecule has 1 aromatic carbocycles. The average Bonchev–Trinajstić information content (AvgIpc) is 2.26. The van der Waals surface area contributed by atoms with E-state index in [2.05, 4.69) is 17.6 Å². The Balaban J connectivity index is 1.93. The number of hydrogen-bond donors (Lipinski definition) is 3. The summed E-state index contributed by atoms with van der Waals surface area (Å²) in [4.78, 5) is 22.2. The van der Waals surface area contributed by atoms with E-state index in [0.29, 0.717) is 5.92 Å². The number of benzene rings is 1. The highest BCUT2D eigenvalue weighted by Crippen LogP contribution is 2.26. The van der Waals surface area contributed by atoms with Crippen molar-refractivity contribution in [3.8, 4) is 0 Å². The normalized spacial score (nSPS) is 21.4. The van der Waals surface area contributed by atoms with Crippen LogP contribution in [-0.2, 0) is 0 Å². The van der Waals surface area contributed by atoms with Crippen molar-refractivity contribution in [2.24, 2.45) is 5.92 Å². The topological polar surface area (TPSA) is 78.4 Å². The van der Waals surface area contributed by atoms with Crippen molar-refractivity contribution in [2.75, 3.05) is 5.32 Å². The van der Waals surface area contributed by atoms with E-state index in [-0.39, 0.29) is 11.7 Å². The minimum atomic E-state index is -1.34. The van der Waals surface area contributed by atoms with E-state index >= 15 is 0 Å². The smallest absolute Gasteiger partial charge is 0.338 e. The van der Waals surface area contributed by atoms with Gasteiger partial charge in [0.1, 0.15) is 5.82 Å². The van der Waals surface area contributed by atoms with Crippen molar-refractivity contribution < 1.29 is 19.1 Å². The largest absolute Gasteiger partial charge is 0.478 e. The Morgan fingerprint density at radius 1 is 1.37 bits per heavy atom. The number of urea groups is 1. The first-order valence-electron chi connectivity index (χ1n) is 6.06. The van der Waals surface area contributed by atoms with E-state index < -0.39 is 23.4 Å². The fourth-order valence-corrected chi connectivity index (χ4v) is 2.14. The van der Waals surface area contributed by atoms with E-state index in [1.807, 2.05) is 0 Å². The standard InChI is InChI=1S/C13H15FN2O3/c1-7-4-9(5-7)16-13(19)15-8-2-3-10(12(17)18)11(14)6-8/h2-3,6-7,9H,4-5H2,1H3,(H,17,18)(H2,15,16,19). The van der Waals surface area contributed by atoms with Crippen LogP contribution in [0.5, 0.6) is 0 Å². The van der Waals surface area contributed by atoms with Crippen LogP contribution in [0.4, 0.5) is 14.9 Å². The highest BCUT2D eigenvalue weighted by atomic mass is 19.1. The van der Waals surface area contributed by atoms with E-state index in [0.717, 1.165) is 25.0 Å². The number of halogens is 1. The molecule has 1 saturated carbocycles.